The molecule has 1 heterocycles. The number of nitrogens with one attached hydrogen (secondary N) is 1. The molecule has 0 aliphatic carbocycles. The van der Waals surface area contributed by atoms with Crippen LogP contribution in [0.2, 0.25) is 0 Å². The van der Waals surface area contributed by atoms with Crippen molar-refractivity contribution in [1.29, 1.82) is 0 Å². The van der Waals surface area contributed by atoms with Crippen LogP contribution in [0.1, 0.15) is 49.4 Å². The lowest BCUT2D eigenvalue weighted by Gasteiger charge is -2.32. The Morgan fingerprint density at radius 3 is 2.44 bits per heavy atom. The van der Waals surface area contributed by atoms with Crippen molar-refractivity contribution in [3.8, 4) is 5.75 Å². The molecule has 1 fully saturated rings. The molecule has 0 atom stereocenters. The molecule has 1 aromatic carbocycles. The van der Waals surface area contributed by atoms with Crippen LogP contribution < -0.4 is 10.1 Å². The Balaban J connectivity index is 1.73. The molecule has 0 radical (unpaired) electrons. The summed E-state index contributed by atoms with van der Waals surface area (Å²) in [6, 6.07) is 7.14. The van der Waals surface area contributed by atoms with Crippen LogP contribution in [0.4, 0.5) is 0 Å². The molecule has 1 saturated heterocycles. The van der Waals surface area contributed by atoms with Crippen molar-refractivity contribution in [3.63, 3.8) is 0 Å². The maximum Gasteiger partial charge on any atom is 0.223 e. The van der Waals surface area contributed by atoms with Crippen LogP contribution in [0.5, 0.6) is 5.75 Å². The van der Waals surface area contributed by atoms with Gasteiger partial charge in [0.15, 0.2) is 5.78 Å². The topological polar surface area (TPSA) is 58.6 Å². The summed E-state index contributed by atoms with van der Waals surface area (Å²) in [5, 5.41) is 3.18. The lowest BCUT2D eigenvalue weighted by Crippen LogP contribution is -2.39. The fourth-order valence-electron chi connectivity index (χ4n) is 3.25. The van der Waals surface area contributed by atoms with Crippen molar-refractivity contribution >= 4 is 11.7 Å². The van der Waals surface area contributed by atoms with Gasteiger partial charge in [-0.2, -0.15) is 0 Å². The molecule has 1 aromatic rings. The van der Waals surface area contributed by atoms with Crippen molar-refractivity contribution in [2.24, 2.45) is 5.92 Å². The quantitative estimate of drug-likeness (QED) is 0.699. The molecular weight excluding hydrogens is 316 g/mol. The van der Waals surface area contributed by atoms with Gasteiger partial charge in [-0.3, -0.25) is 9.59 Å². The first-order chi connectivity index (χ1) is 12.1. The van der Waals surface area contributed by atoms with Crippen LogP contribution in [-0.4, -0.2) is 49.9 Å². The summed E-state index contributed by atoms with van der Waals surface area (Å²) >= 11 is 0. The van der Waals surface area contributed by atoms with Crippen molar-refractivity contribution in [2.75, 3.05) is 33.3 Å². The predicted molar refractivity (Wildman–Crippen MR) is 99.0 cm³/mol. The number of carbonyl (C=O) groups excluding carboxylic acids is 2. The molecule has 138 valence electrons. The molecule has 0 spiro atoms. The number of ether oxygens (including phenoxy) is 1. The molecular formula is C20H30N2O3. The summed E-state index contributed by atoms with van der Waals surface area (Å²) < 4.78 is 5.38. The number of rotatable bonds is 9. The monoisotopic (exact) mass is 346 g/mol. The first kappa shape index (κ1) is 19.4. The molecule has 25 heavy (non-hydrogen) atoms. The van der Waals surface area contributed by atoms with Crippen molar-refractivity contribution in [2.45, 2.75) is 39.0 Å². The number of piperidine rings is 1. The van der Waals surface area contributed by atoms with Crippen LogP contribution >= 0.6 is 0 Å². The summed E-state index contributed by atoms with van der Waals surface area (Å²) in [7, 11) is 1.97. The van der Waals surface area contributed by atoms with Crippen LogP contribution in [0.25, 0.3) is 0 Å². The SMILES string of the molecule is CCOc1ccc(C(=O)CCC(=O)N2CCC(CCNC)CC2)cc1. The van der Waals surface area contributed by atoms with E-state index in [1.54, 1.807) is 24.3 Å². The van der Waals surface area contributed by atoms with Gasteiger partial charge in [0.25, 0.3) is 0 Å². The van der Waals surface area contributed by atoms with Gasteiger partial charge in [0.1, 0.15) is 5.75 Å². The number of ketones is 1. The summed E-state index contributed by atoms with van der Waals surface area (Å²) in [5.41, 5.74) is 0.641. The van der Waals surface area contributed by atoms with Crippen LogP contribution in [-0.2, 0) is 4.79 Å². The number of nitrogens with zero attached hydrogens (tertiary/aromatic N) is 1. The third kappa shape index (κ3) is 6.16. The molecule has 0 saturated carbocycles. The average molecular weight is 346 g/mol. The molecule has 5 heteroatoms. The van der Waals surface area contributed by atoms with Gasteiger partial charge in [0.2, 0.25) is 5.91 Å². The van der Waals surface area contributed by atoms with E-state index in [0.29, 0.717) is 24.5 Å². The highest BCUT2D eigenvalue weighted by atomic mass is 16.5. The Labute approximate surface area is 150 Å². The number of hydrogen-bond acceptors (Lipinski definition) is 4. The normalized spacial score (nSPS) is 15.2. The third-order valence-corrected chi connectivity index (χ3v) is 4.82. The van der Waals surface area contributed by atoms with E-state index < -0.39 is 0 Å². The molecule has 1 amide bonds. The lowest BCUT2D eigenvalue weighted by atomic mass is 9.93. The van der Waals surface area contributed by atoms with Gasteiger partial charge in [-0.15, -0.1) is 0 Å². The average Bonchev–Trinajstić information content (AvgIpc) is 2.65. The van der Waals surface area contributed by atoms with Crippen molar-refractivity contribution in [3.05, 3.63) is 29.8 Å². The fraction of sp³-hybridized carbons (Fsp3) is 0.600. The van der Waals surface area contributed by atoms with E-state index in [1.807, 2.05) is 18.9 Å². The first-order valence-corrected chi connectivity index (χ1v) is 9.32. The molecule has 1 aliphatic heterocycles. The Morgan fingerprint density at radius 1 is 1.16 bits per heavy atom. The maximum atomic E-state index is 12.3. The number of Topliss-reactive ketones (excluding diaryl/α,β-unsaturated/α-hetero) is 1. The second-order valence-electron chi connectivity index (χ2n) is 6.60. The van der Waals surface area contributed by atoms with E-state index in [1.165, 1.54) is 6.42 Å². The minimum absolute atomic E-state index is 0.0142. The highest BCUT2D eigenvalue weighted by Crippen LogP contribution is 2.21. The zero-order chi connectivity index (χ0) is 18.1. The number of likely N-dealkylation sites (tertiary alicyclic amines) is 1. The summed E-state index contributed by atoms with van der Waals surface area (Å²) in [6.45, 7) is 5.21. The van der Waals surface area contributed by atoms with Crippen LogP contribution in [0, 0.1) is 5.92 Å². The minimum atomic E-state index is 0.0142. The van der Waals surface area contributed by atoms with Gasteiger partial charge in [-0.1, -0.05) is 0 Å². The fourth-order valence-corrected chi connectivity index (χ4v) is 3.25. The molecule has 1 N–H and O–H groups in total. The van der Waals surface area contributed by atoms with Crippen molar-refractivity contribution in [1.82, 2.24) is 10.2 Å². The van der Waals surface area contributed by atoms with E-state index in [-0.39, 0.29) is 18.1 Å². The molecule has 0 bridgehead atoms. The van der Waals surface area contributed by atoms with Gasteiger partial charge in [0, 0.05) is 31.5 Å². The number of amides is 1. The Kier molecular flexibility index (Phi) is 7.92. The second kappa shape index (κ2) is 10.2. The van der Waals surface area contributed by atoms with E-state index in [9.17, 15) is 9.59 Å². The van der Waals surface area contributed by atoms with Crippen LogP contribution in [0.15, 0.2) is 24.3 Å². The van der Waals surface area contributed by atoms with Crippen molar-refractivity contribution < 1.29 is 14.3 Å². The molecule has 5 nitrogen and oxygen atoms in total. The third-order valence-electron chi connectivity index (χ3n) is 4.82. The van der Waals surface area contributed by atoms with E-state index in [2.05, 4.69) is 5.32 Å². The summed E-state index contributed by atoms with van der Waals surface area (Å²) in [6.07, 6.45) is 3.88. The molecule has 0 unspecified atom stereocenters. The Bertz CT molecular complexity index is 549. The van der Waals surface area contributed by atoms with Gasteiger partial charge in [-0.25, -0.2) is 0 Å². The van der Waals surface area contributed by atoms with Gasteiger partial charge < -0.3 is 15.0 Å². The number of benzene rings is 1. The standard InChI is InChI=1S/C20H30N2O3/c1-3-25-18-6-4-17(5-7-18)19(23)8-9-20(24)22-14-11-16(12-15-22)10-13-21-2/h4-7,16,21H,3,8-15H2,1-2H3. The molecule has 0 aromatic heterocycles. The first-order valence-electron chi connectivity index (χ1n) is 9.32. The molecule has 2 rings (SSSR count). The number of carbonyl (C=O) groups is 2. The van der Waals surface area contributed by atoms with Gasteiger partial charge >= 0.3 is 0 Å². The summed E-state index contributed by atoms with van der Waals surface area (Å²) in [4.78, 5) is 26.5. The highest BCUT2D eigenvalue weighted by Gasteiger charge is 2.22. The number of hydrogen-bond donors (Lipinski definition) is 1. The largest absolute Gasteiger partial charge is 0.494 e. The smallest absolute Gasteiger partial charge is 0.223 e. The molecule has 1 aliphatic rings. The summed E-state index contributed by atoms with van der Waals surface area (Å²) in [5.74, 6) is 1.59. The zero-order valence-electron chi connectivity index (χ0n) is 15.4. The van der Waals surface area contributed by atoms with E-state index in [0.717, 1.165) is 38.2 Å². The Morgan fingerprint density at radius 2 is 1.84 bits per heavy atom. The predicted octanol–water partition coefficient (Wildman–Crippen LogP) is 2.90. The minimum Gasteiger partial charge on any atom is -0.494 e. The Hall–Kier alpha value is -1.88. The lowest BCUT2D eigenvalue weighted by molar-refractivity contribution is -0.132. The highest BCUT2D eigenvalue weighted by molar-refractivity contribution is 5.98. The zero-order valence-corrected chi connectivity index (χ0v) is 15.4. The van der Waals surface area contributed by atoms with Gasteiger partial charge in [0.05, 0.1) is 6.61 Å². The second-order valence-corrected chi connectivity index (χ2v) is 6.60. The van der Waals surface area contributed by atoms with E-state index >= 15 is 0 Å². The maximum absolute atomic E-state index is 12.3. The van der Waals surface area contributed by atoms with Crippen LogP contribution in [0.3, 0.4) is 0 Å². The van der Waals surface area contributed by atoms with E-state index in [4.69, 9.17) is 4.74 Å². The van der Waals surface area contributed by atoms with Gasteiger partial charge in [-0.05, 0) is 70.0 Å².